The molecule has 1 aliphatic rings. The maximum atomic E-state index is 11.6. The normalized spacial score (nSPS) is 18.3. The average Bonchev–Trinajstić information content (AvgIpc) is 2.90. The number of hydrogen-bond acceptors (Lipinski definition) is 5. The molecule has 0 aromatic heterocycles. The molecule has 1 aliphatic heterocycles. The molecular weight excluding hydrogens is 244 g/mol. The number of carbonyl (C=O) groups is 1. The van der Waals surface area contributed by atoms with Gasteiger partial charge in [0, 0.05) is 13.2 Å². The highest BCUT2D eigenvalue weighted by atomic mass is 16.5. The van der Waals surface area contributed by atoms with Crippen LogP contribution in [-0.2, 0) is 9.47 Å². The molecule has 19 heavy (non-hydrogen) atoms. The van der Waals surface area contributed by atoms with Crippen molar-refractivity contribution in [2.75, 3.05) is 30.8 Å². The Kier molecular flexibility index (Phi) is 4.63. The molecule has 1 heterocycles. The molecule has 1 atom stereocenters. The van der Waals surface area contributed by atoms with Crippen molar-refractivity contribution >= 4 is 17.3 Å². The molecule has 5 heteroatoms. The summed E-state index contributed by atoms with van der Waals surface area (Å²) in [6.07, 6.45) is 2.45. The third-order valence-electron chi connectivity index (χ3n) is 3.11. The van der Waals surface area contributed by atoms with Crippen molar-refractivity contribution < 1.29 is 14.3 Å². The third kappa shape index (κ3) is 3.61. The van der Waals surface area contributed by atoms with Crippen LogP contribution in [0.15, 0.2) is 18.2 Å². The Balaban J connectivity index is 1.96. The summed E-state index contributed by atoms with van der Waals surface area (Å²) in [4.78, 5) is 11.6. The first-order valence-corrected chi connectivity index (χ1v) is 6.63. The molecule has 0 radical (unpaired) electrons. The molecule has 5 nitrogen and oxygen atoms in total. The monoisotopic (exact) mass is 264 g/mol. The molecule has 1 fully saturated rings. The van der Waals surface area contributed by atoms with Gasteiger partial charge in [-0.25, -0.2) is 4.79 Å². The van der Waals surface area contributed by atoms with E-state index in [0.29, 0.717) is 17.9 Å². The second-order valence-corrected chi connectivity index (χ2v) is 4.54. The molecule has 0 amide bonds. The van der Waals surface area contributed by atoms with E-state index in [2.05, 4.69) is 5.32 Å². The van der Waals surface area contributed by atoms with Gasteiger partial charge >= 0.3 is 5.97 Å². The molecule has 3 N–H and O–H groups in total. The lowest BCUT2D eigenvalue weighted by molar-refractivity contribution is 0.0526. The molecule has 1 aromatic rings. The van der Waals surface area contributed by atoms with E-state index >= 15 is 0 Å². The number of rotatable bonds is 5. The van der Waals surface area contributed by atoms with Crippen molar-refractivity contribution in [2.24, 2.45) is 0 Å². The van der Waals surface area contributed by atoms with Crippen LogP contribution in [0.25, 0.3) is 0 Å². The Morgan fingerprint density at radius 3 is 3.05 bits per heavy atom. The average molecular weight is 264 g/mol. The van der Waals surface area contributed by atoms with Gasteiger partial charge in [-0.3, -0.25) is 0 Å². The van der Waals surface area contributed by atoms with Crippen LogP contribution in [0.4, 0.5) is 11.4 Å². The van der Waals surface area contributed by atoms with Crippen LogP contribution in [0.5, 0.6) is 0 Å². The Bertz CT molecular complexity index is 442. The number of nitrogen functional groups attached to an aromatic ring is 1. The van der Waals surface area contributed by atoms with E-state index in [1.807, 2.05) is 0 Å². The third-order valence-corrected chi connectivity index (χ3v) is 3.11. The Morgan fingerprint density at radius 2 is 2.42 bits per heavy atom. The maximum absolute atomic E-state index is 11.6. The van der Waals surface area contributed by atoms with Crippen LogP contribution in [-0.4, -0.2) is 31.8 Å². The fourth-order valence-corrected chi connectivity index (χ4v) is 2.09. The van der Waals surface area contributed by atoms with Crippen LogP contribution in [0.2, 0.25) is 0 Å². The van der Waals surface area contributed by atoms with Crippen LogP contribution < -0.4 is 11.1 Å². The van der Waals surface area contributed by atoms with Gasteiger partial charge in [0.05, 0.1) is 29.6 Å². The first-order chi connectivity index (χ1) is 9.20. The number of nitrogens with one attached hydrogen (secondary N) is 1. The largest absolute Gasteiger partial charge is 0.462 e. The molecule has 0 bridgehead atoms. The Hall–Kier alpha value is -1.75. The first kappa shape index (κ1) is 13.7. The predicted octanol–water partition coefficient (Wildman–Crippen LogP) is 2.04. The van der Waals surface area contributed by atoms with E-state index in [4.69, 9.17) is 15.2 Å². The van der Waals surface area contributed by atoms with Crippen LogP contribution in [0.3, 0.4) is 0 Å². The van der Waals surface area contributed by atoms with E-state index < -0.39 is 0 Å². The minimum absolute atomic E-state index is 0.254. The summed E-state index contributed by atoms with van der Waals surface area (Å²) in [5.41, 5.74) is 7.77. The number of hydrogen-bond donors (Lipinski definition) is 2. The van der Waals surface area contributed by atoms with Crippen molar-refractivity contribution in [1.82, 2.24) is 0 Å². The van der Waals surface area contributed by atoms with Gasteiger partial charge in [-0.15, -0.1) is 0 Å². The lowest BCUT2D eigenvalue weighted by Crippen LogP contribution is -2.19. The van der Waals surface area contributed by atoms with Crippen molar-refractivity contribution in [3.05, 3.63) is 23.8 Å². The lowest BCUT2D eigenvalue weighted by atomic mass is 10.1. The molecule has 2 rings (SSSR count). The minimum atomic E-state index is -0.347. The number of esters is 1. The van der Waals surface area contributed by atoms with Crippen LogP contribution in [0.1, 0.15) is 30.1 Å². The van der Waals surface area contributed by atoms with Gasteiger partial charge in [0.25, 0.3) is 0 Å². The fourth-order valence-electron chi connectivity index (χ4n) is 2.09. The van der Waals surface area contributed by atoms with Crippen LogP contribution in [0, 0.1) is 0 Å². The summed E-state index contributed by atoms with van der Waals surface area (Å²) in [5.74, 6) is -0.347. The smallest absolute Gasteiger partial charge is 0.338 e. The predicted molar refractivity (Wildman–Crippen MR) is 74.3 cm³/mol. The zero-order chi connectivity index (χ0) is 13.7. The highest BCUT2D eigenvalue weighted by Gasteiger charge is 2.15. The van der Waals surface area contributed by atoms with E-state index in [0.717, 1.165) is 31.7 Å². The molecule has 104 valence electrons. The van der Waals surface area contributed by atoms with E-state index in [1.165, 1.54) is 0 Å². The van der Waals surface area contributed by atoms with Crippen molar-refractivity contribution in [2.45, 2.75) is 25.9 Å². The van der Waals surface area contributed by atoms with Gasteiger partial charge in [-0.1, -0.05) is 0 Å². The molecule has 0 spiro atoms. The summed E-state index contributed by atoms with van der Waals surface area (Å²) in [6, 6.07) is 5.15. The maximum Gasteiger partial charge on any atom is 0.338 e. The van der Waals surface area contributed by atoms with Crippen LogP contribution >= 0.6 is 0 Å². The Labute approximate surface area is 113 Å². The fraction of sp³-hybridized carbons (Fsp3) is 0.500. The number of anilines is 2. The second kappa shape index (κ2) is 6.43. The van der Waals surface area contributed by atoms with Gasteiger partial charge in [-0.05, 0) is 38.0 Å². The lowest BCUT2D eigenvalue weighted by Gasteiger charge is -2.14. The summed E-state index contributed by atoms with van der Waals surface area (Å²) < 4.78 is 10.5. The molecular formula is C14H20N2O3. The molecule has 0 saturated carbocycles. The summed E-state index contributed by atoms with van der Waals surface area (Å²) in [6.45, 7) is 3.71. The van der Waals surface area contributed by atoms with Gasteiger partial charge in [0.15, 0.2) is 0 Å². The minimum Gasteiger partial charge on any atom is -0.462 e. The highest BCUT2D eigenvalue weighted by Crippen LogP contribution is 2.21. The number of benzene rings is 1. The van der Waals surface area contributed by atoms with Crippen molar-refractivity contribution in [3.8, 4) is 0 Å². The quantitative estimate of drug-likeness (QED) is 0.629. The zero-order valence-corrected chi connectivity index (χ0v) is 11.1. The van der Waals surface area contributed by atoms with E-state index in [1.54, 1.807) is 25.1 Å². The zero-order valence-electron chi connectivity index (χ0n) is 11.1. The molecule has 1 aromatic carbocycles. The number of nitrogens with two attached hydrogens (primary N) is 1. The highest BCUT2D eigenvalue weighted by molar-refractivity contribution is 5.91. The van der Waals surface area contributed by atoms with Crippen molar-refractivity contribution in [3.63, 3.8) is 0 Å². The van der Waals surface area contributed by atoms with Gasteiger partial charge < -0.3 is 20.5 Å². The van der Waals surface area contributed by atoms with Crippen molar-refractivity contribution in [1.29, 1.82) is 0 Å². The van der Waals surface area contributed by atoms with E-state index in [9.17, 15) is 4.79 Å². The molecule has 0 aliphatic carbocycles. The first-order valence-electron chi connectivity index (χ1n) is 6.63. The Morgan fingerprint density at radius 1 is 1.58 bits per heavy atom. The summed E-state index contributed by atoms with van der Waals surface area (Å²) >= 11 is 0. The number of ether oxygens (including phenoxy) is 2. The second-order valence-electron chi connectivity index (χ2n) is 4.54. The molecule has 1 saturated heterocycles. The van der Waals surface area contributed by atoms with Gasteiger partial charge in [-0.2, -0.15) is 0 Å². The SMILES string of the molecule is CCOC(=O)c1ccc(NC[C@@H]2CCCO2)c(N)c1. The summed E-state index contributed by atoms with van der Waals surface area (Å²) in [5, 5.41) is 3.25. The van der Waals surface area contributed by atoms with Gasteiger partial charge in [0.2, 0.25) is 0 Å². The standard InChI is InChI=1S/C14H20N2O3/c1-2-18-14(17)10-5-6-13(12(15)8-10)16-9-11-4-3-7-19-11/h5-6,8,11,16H,2-4,7,9,15H2,1H3/t11-/m0/s1. The summed E-state index contributed by atoms with van der Waals surface area (Å²) in [7, 11) is 0. The van der Waals surface area contributed by atoms with E-state index in [-0.39, 0.29) is 12.1 Å². The van der Waals surface area contributed by atoms with Gasteiger partial charge in [0.1, 0.15) is 0 Å². The molecule has 0 unspecified atom stereocenters. The number of carbonyl (C=O) groups excluding carboxylic acids is 1. The topological polar surface area (TPSA) is 73.6 Å².